The molecule has 0 bridgehead atoms. The zero-order chi connectivity index (χ0) is 19.6. The highest BCUT2D eigenvalue weighted by Gasteiger charge is 2.16. The molecular weight excluding hydrogens is 378 g/mol. The third kappa shape index (κ3) is 6.87. The SMILES string of the molecule is COc1ccccc1CC(C)CC(=O)Nc1ccccc1C(=O)NCCN.Cl. The van der Waals surface area contributed by atoms with Crippen molar-refractivity contribution < 1.29 is 14.3 Å². The minimum atomic E-state index is -0.251. The number of benzene rings is 2. The molecule has 4 N–H and O–H groups in total. The smallest absolute Gasteiger partial charge is 0.253 e. The summed E-state index contributed by atoms with van der Waals surface area (Å²) < 4.78 is 5.37. The van der Waals surface area contributed by atoms with Gasteiger partial charge in [0.1, 0.15) is 5.75 Å². The van der Waals surface area contributed by atoms with Crippen LogP contribution in [0.25, 0.3) is 0 Å². The number of nitrogens with two attached hydrogens (primary N) is 1. The van der Waals surface area contributed by atoms with Gasteiger partial charge < -0.3 is 21.1 Å². The minimum Gasteiger partial charge on any atom is -0.496 e. The van der Waals surface area contributed by atoms with Crippen LogP contribution < -0.4 is 21.1 Å². The van der Waals surface area contributed by atoms with Gasteiger partial charge in [0.15, 0.2) is 0 Å². The second kappa shape index (κ2) is 12.0. The first-order valence-corrected chi connectivity index (χ1v) is 9.04. The Morgan fingerprint density at radius 2 is 1.79 bits per heavy atom. The molecule has 6 nitrogen and oxygen atoms in total. The lowest BCUT2D eigenvalue weighted by Gasteiger charge is -2.15. The van der Waals surface area contributed by atoms with E-state index in [4.69, 9.17) is 10.5 Å². The average molecular weight is 406 g/mol. The van der Waals surface area contributed by atoms with Gasteiger partial charge in [0.25, 0.3) is 5.91 Å². The molecule has 0 fully saturated rings. The number of carbonyl (C=O) groups excluding carboxylic acids is 2. The van der Waals surface area contributed by atoms with E-state index in [0.29, 0.717) is 30.8 Å². The summed E-state index contributed by atoms with van der Waals surface area (Å²) in [7, 11) is 1.64. The number of para-hydroxylation sites is 2. The number of rotatable bonds is 9. The lowest BCUT2D eigenvalue weighted by molar-refractivity contribution is -0.116. The molecule has 0 aliphatic heterocycles. The number of halogens is 1. The summed E-state index contributed by atoms with van der Waals surface area (Å²) in [6.07, 6.45) is 1.08. The quantitative estimate of drug-likeness (QED) is 0.597. The molecule has 0 aromatic heterocycles. The predicted molar refractivity (Wildman–Crippen MR) is 114 cm³/mol. The van der Waals surface area contributed by atoms with Gasteiger partial charge >= 0.3 is 0 Å². The number of amides is 2. The molecule has 0 saturated heterocycles. The van der Waals surface area contributed by atoms with Crippen molar-refractivity contribution in [3.63, 3.8) is 0 Å². The van der Waals surface area contributed by atoms with Crippen LogP contribution in [0.15, 0.2) is 48.5 Å². The second-order valence-corrected chi connectivity index (χ2v) is 6.46. The molecular formula is C21H28ClN3O3. The standard InChI is InChI=1S/C21H27N3O3.ClH/c1-15(13-16-7-3-6-10-19(16)27-2)14-20(25)24-18-9-5-4-8-17(18)21(26)23-12-11-22;/h3-10,15H,11-14,22H2,1-2H3,(H,23,26)(H,24,25);1H. The van der Waals surface area contributed by atoms with Crippen molar-refractivity contribution in [1.29, 1.82) is 0 Å². The van der Waals surface area contributed by atoms with Crippen LogP contribution in [0.4, 0.5) is 5.69 Å². The molecule has 1 unspecified atom stereocenters. The van der Waals surface area contributed by atoms with Crippen LogP contribution in [-0.4, -0.2) is 32.0 Å². The molecule has 0 radical (unpaired) electrons. The highest BCUT2D eigenvalue weighted by Crippen LogP contribution is 2.23. The summed E-state index contributed by atoms with van der Waals surface area (Å²) in [5.74, 6) is 0.570. The normalized spacial score (nSPS) is 11.1. The van der Waals surface area contributed by atoms with Crippen molar-refractivity contribution in [1.82, 2.24) is 5.32 Å². The Morgan fingerprint density at radius 1 is 1.11 bits per heavy atom. The third-order valence-corrected chi connectivity index (χ3v) is 4.17. The molecule has 0 aliphatic rings. The molecule has 7 heteroatoms. The van der Waals surface area contributed by atoms with Gasteiger partial charge in [-0.05, 0) is 36.1 Å². The van der Waals surface area contributed by atoms with Gasteiger partial charge in [0.2, 0.25) is 5.91 Å². The van der Waals surface area contributed by atoms with E-state index < -0.39 is 0 Å². The molecule has 2 aromatic rings. The van der Waals surface area contributed by atoms with Crippen LogP contribution >= 0.6 is 12.4 Å². The van der Waals surface area contributed by atoms with Gasteiger partial charge in [-0.1, -0.05) is 37.3 Å². The summed E-state index contributed by atoms with van der Waals surface area (Å²) in [4.78, 5) is 24.7. The topological polar surface area (TPSA) is 93.4 Å². The van der Waals surface area contributed by atoms with Crippen LogP contribution in [0.1, 0.15) is 29.3 Å². The first kappa shape index (κ1) is 23.5. The largest absolute Gasteiger partial charge is 0.496 e. The molecule has 0 heterocycles. The molecule has 0 aliphatic carbocycles. The highest BCUT2D eigenvalue weighted by molar-refractivity contribution is 6.03. The number of hydrogen-bond donors (Lipinski definition) is 3. The molecule has 28 heavy (non-hydrogen) atoms. The van der Waals surface area contributed by atoms with Crippen LogP contribution in [-0.2, 0) is 11.2 Å². The molecule has 2 amide bonds. The van der Waals surface area contributed by atoms with E-state index in [1.165, 1.54) is 0 Å². The Kier molecular flexibility index (Phi) is 10.1. The lowest BCUT2D eigenvalue weighted by atomic mass is 9.97. The number of methoxy groups -OCH3 is 1. The van der Waals surface area contributed by atoms with Crippen LogP contribution in [0.3, 0.4) is 0 Å². The number of nitrogens with one attached hydrogen (secondary N) is 2. The summed E-state index contributed by atoms with van der Waals surface area (Å²) >= 11 is 0. The maximum atomic E-state index is 12.5. The van der Waals surface area contributed by atoms with Crippen molar-refractivity contribution in [2.75, 3.05) is 25.5 Å². The van der Waals surface area contributed by atoms with Gasteiger partial charge in [0.05, 0.1) is 18.4 Å². The monoisotopic (exact) mass is 405 g/mol. The van der Waals surface area contributed by atoms with Gasteiger partial charge in [-0.25, -0.2) is 0 Å². The van der Waals surface area contributed by atoms with Crippen LogP contribution in [0.2, 0.25) is 0 Å². The lowest BCUT2D eigenvalue weighted by Crippen LogP contribution is -2.30. The van der Waals surface area contributed by atoms with E-state index in [-0.39, 0.29) is 30.1 Å². The van der Waals surface area contributed by atoms with Crippen molar-refractivity contribution >= 4 is 29.9 Å². The van der Waals surface area contributed by atoms with Gasteiger partial charge in [-0.15, -0.1) is 12.4 Å². The van der Waals surface area contributed by atoms with Crippen molar-refractivity contribution in [3.05, 3.63) is 59.7 Å². The maximum absolute atomic E-state index is 12.5. The number of carbonyl (C=O) groups is 2. The number of ether oxygens (including phenoxy) is 1. The molecule has 2 rings (SSSR count). The van der Waals surface area contributed by atoms with E-state index in [0.717, 1.165) is 17.7 Å². The van der Waals surface area contributed by atoms with E-state index in [2.05, 4.69) is 10.6 Å². The zero-order valence-corrected chi connectivity index (χ0v) is 17.1. The maximum Gasteiger partial charge on any atom is 0.253 e. The van der Waals surface area contributed by atoms with Gasteiger partial charge in [-0.2, -0.15) is 0 Å². The molecule has 1 atom stereocenters. The number of hydrogen-bond acceptors (Lipinski definition) is 4. The van der Waals surface area contributed by atoms with Gasteiger partial charge in [-0.3, -0.25) is 9.59 Å². The Hall–Kier alpha value is -2.57. The highest BCUT2D eigenvalue weighted by atomic mass is 35.5. The first-order valence-electron chi connectivity index (χ1n) is 9.04. The Balaban J connectivity index is 0.00000392. The van der Waals surface area contributed by atoms with Crippen LogP contribution in [0.5, 0.6) is 5.75 Å². The molecule has 2 aromatic carbocycles. The van der Waals surface area contributed by atoms with E-state index in [9.17, 15) is 9.59 Å². The minimum absolute atomic E-state index is 0. The fourth-order valence-electron chi connectivity index (χ4n) is 2.91. The summed E-state index contributed by atoms with van der Waals surface area (Å²) in [5, 5.41) is 5.57. The fourth-order valence-corrected chi connectivity index (χ4v) is 2.91. The average Bonchev–Trinajstić information content (AvgIpc) is 2.66. The summed E-state index contributed by atoms with van der Waals surface area (Å²) in [5.41, 5.74) is 7.42. The molecule has 152 valence electrons. The summed E-state index contributed by atoms with van der Waals surface area (Å²) in [6, 6.07) is 14.8. The van der Waals surface area contributed by atoms with Gasteiger partial charge in [0, 0.05) is 19.5 Å². The van der Waals surface area contributed by atoms with Crippen molar-refractivity contribution in [2.45, 2.75) is 19.8 Å². The van der Waals surface area contributed by atoms with E-state index in [1.807, 2.05) is 31.2 Å². The zero-order valence-electron chi connectivity index (χ0n) is 16.2. The number of anilines is 1. The van der Waals surface area contributed by atoms with Crippen LogP contribution in [0, 0.1) is 5.92 Å². The summed E-state index contributed by atoms with van der Waals surface area (Å²) in [6.45, 7) is 2.77. The Labute approximate surface area is 172 Å². The predicted octanol–water partition coefficient (Wildman–Crippen LogP) is 3.01. The van der Waals surface area contributed by atoms with E-state index in [1.54, 1.807) is 31.4 Å². The van der Waals surface area contributed by atoms with E-state index >= 15 is 0 Å². The first-order chi connectivity index (χ1) is 13.0. The Morgan fingerprint density at radius 3 is 2.50 bits per heavy atom. The van der Waals surface area contributed by atoms with Crippen molar-refractivity contribution in [2.24, 2.45) is 11.7 Å². The Bertz CT molecular complexity index is 783. The molecule has 0 spiro atoms. The third-order valence-electron chi connectivity index (χ3n) is 4.17. The molecule has 0 saturated carbocycles. The van der Waals surface area contributed by atoms with Crippen molar-refractivity contribution in [3.8, 4) is 5.75 Å². The fraction of sp³-hybridized carbons (Fsp3) is 0.333. The second-order valence-electron chi connectivity index (χ2n) is 6.46.